The molecule has 2 heterocycles. The topological polar surface area (TPSA) is 85.7 Å². The van der Waals surface area contributed by atoms with E-state index in [1.165, 1.54) is 24.3 Å². The first-order valence-corrected chi connectivity index (χ1v) is 10.9. The second kappa shape index (κ2) is 11.2. The first-order valence-electron chi connectivity index (χ1n) is 10.5. The molecule has 2 atom stereocenters. The standard InChI is InChI=1S/C22H22ClF3N4O4/c23-17-9-15(1-3-18(17)24)31-7-5-13-11-33-21(27-13)29-30-22-28-14(12-34-22)6-8-32-16-2-4-19(25)20(26)10-16/h1-4,9-10,13-14H,5-8,11-12H2,(H,27,29)(H,28,30)/t13?,14-/m0/s1. The molecule has 0 fully saturated rings. The lowest BCUT2D eigenvalue weighted by atomic mass is 10.2. The molecule has 34 heavy (non-hydrogen) atoms. The van der Waals surface area contributed by atoms with Gasteiger partial charge in [-0.05, 0) is 24.3 Å². The zero-order valence-corrected chi connectivity index (χ0v) is 18.7. The van der Waals surface area contributed by atoms with Gasteiger partial charge < -0.3 is 18.9 Å². The van der Waals surface area contributed by atoms with Crippen LogP contribution in [0.25, 0.3) is 0 Å². The van der Waals surface area contributed by atoms with E-state index in [0.29, 0.717) is 44.4 Å². The Morgan fingerprint density at radius 2 is 1.32 bits per heavy atom. The number of halogens is 4. The summed E-state index contributed by atoms with van der Waals surface area (Å²) in [5.74, 6) is -1.64. The van der Waals surface area contributed by atoms with E-state index in [2.05, 4.69) is 20.8 Å². The van der Waals surface area contributed by atoms with Gasteiger partial charge in [-0.3, -0.25) is 0 Å². The zero-order chi connectivity index (χ0) is 23.9. The van der Waals surface area contributed by atoms with E-state index < -0.39 is 17.5 Å². The highest BCUT2D eigenvalue weighted by atomic mass is 35.5. The summed E-state index contributed by atoms with van der Waals surface area (Å²) in [7, 11) is 0. The summed E-state index contributed by atoms with van der Waals surface area (Å²) in [5.41, 5.74) is 5.60. The number of amidine groups is 2. The van der Waals surface area contributed by atoms with E-state index in [-0.39, 0.29) is 35.5 Å². The Balaban J connectivity index is 1.13. The van der Waals surface area contributed by atoms with Gasteiger partial charge in [0.1, 0.15) is 30.5 Å². The Kier molecular flexibility index (Phi) is 7.84. The molecule has 182 valence electrons. The van der Waals surface area contributed by atoms with Crippen molar-refractivity contribution < 1.29 is 32.1 Å². The number of ether oxygens (including phenoxy) is 4. The van der Waals surface area contributed by atoms with Crippen LogP contribution < -0.4 is 20.3 Å². The Morgan fingerprint density at radius 1 is 0.794 bits per heavy atom. The fourth-order valence-corrected chi connectivity index (χ4v) is 3.30. The van der Waals surface area contributed by atoms with Crippen LogP contribution in [0.15, 0.2) is 46.4 Å². The molecule has 1 unspecified atom stereocenters. The number of nitrogens with zero attached hydrogens (tertiary/aromatic N) is 2. The van der Waals surface area contributed by atoms with Crippen molar-refractivity contribution in [3.63, 3.8) is 0 Å². The molecule has 4 rings (SSSR count). The maximum Gasteiger partial charge on any atom is 0.304 e. The Hall–Kier alpha value is -3.34. The van der Waals surface area contributed by atoms with Crippen molar-refractivity contribution in [2.75, 3.05) is 26.4 Å². The number of nitrogens with one attached hydrogen (secondary N) is 2. The summed E-state index contributed by atoms with van der Waals surface area (Å²) in [6, 6.07) is 7.89. The minimum atomic E-state index is -0.957. The minimum absolute atomic E-state index is 0.00682. The van der Waals surface area contributed by atoms with Crippen molar-refractivity contribution in [1.29, 1.82) is 0 Å². The maximum atomic E-state index is 13.2. The number of rotatable bonds is 8. The number of hydrogen-bond donors (Lipinski definition) is 2. The van der Waals surface area contributed by atoms with E-state index in [0.717, 1.165) is 12.1 Å². The van der Waals surface area contributed by atoms with Crippen molar-refractivity contribution in [2.45, 2.75) is 24.9 Å². The molecule has 0 amide bonds. The Morgan fingerprint density at radius 3 is 1.85 bits per heavy atom. The minimum Gasteiger partial charge on any atom is -0.493 e. The molecule has 2 aliphatic heterocycles. The molecular weight excluding hydrogens is 477 g/mol. The smallest absolute Gasteiger partial charge is 0.304 e. The predicted molar refractivity (Wildman–Crippen MR) is 119 cm³/mol. The molecule has 0 bridgehead atoms. The zero-order valence-electron chi connectivity index (χ0n) is 17.9. The van der Waals surface area contributed by atoms with Gasteiger partial charge in [0.25, 0.3) is 0 Å². The lowest BCUT2D eigenvalue weighted by Gasteiger charge is -2.08. The van der Waals surface area contributed by atoms with Crippen LogP contribution in [0.5, 0.6) is 11.5 Å². The van der Waals surface area contributed by atoms with Crippen LogP contribution in [0.1, 0.15) is 12.8 Å². The van der Waals surface area contributed by atoms with E-state index in [9.17, 15) is 13.2 Å². The second-order valence-corrected chi connectivity index (χ2v) is 7.88. The first kappa shape index (κ1) is 23.8. The van der Waals surface area contributed by atoms with E-state index in [1.54, 1.807) is 0 Å². The van der Waals surface area contributed by atoms with Crippen LogP contribution in [0.4, 0.5) is 13.2 Å². The normalized spacial score (nSPS) is 19.1. The van der Waals surface area contributed by atoms with Gasteiger partial charge in [-0.1, -0.05) is 11.6 Å². The SMILES string of the molecule is Fc1ccc(OCC[C@H]2COC(NNC3=NC(CCOc4ccc(F)c(Cl)c4)CO3)=N2)cc1F. The molecule has 0 saturated heterocycles. The third-order valence-electron chi connectivity index (χ3n) is 4.92. The van der Waals surface area contributed by atoms with Gasteiger partial charge >= 0.3 is 12.0 Å². The molecule has 2 aromatic rings. The average molecular weight is 499 g/mol. The summed E-state index contributed by atoms with van der Waals surface area (Å²) >= 11 is 5.73. The summed E-state index contributed by atoms with van der Waals surface area (Å²) in [5, 5.41) is 0.00682. The highest BCUT2D eigenvalue weighted by Crippen LogP contribution is 2.21. The lowest BCUT2D eigenvalue weighted by Crippen LogP contribution is -2.41. The third kappa shape index (κ3) is 6.60. The third-order valence-corrected chi connectivity index (χ3v) is 5.21. The molecule has 0 aliphatic carbocycles. The van der Waals surface area contributed by atoms with Crippen molar-refractivity contribution in [1.82, 2.24) is 10.9 Å². The van der Waals surface area contributed by atoms with Gasteiger partial charge in [-0.2, -0.15) is 0 Å². The molecule has 2 N–H and O–H groups in total. The van der Waals surface area contributed by atoms with Crippen molar-refractivity contribution in [3.8, 4) is 11.5 Å². The van der Waals surface area contributed by atoms with Crippen LogP contribution in [-0.4, -0.2) is 50.6 Å². The van der Waals surface area contributed by atoms with Crippen molar-refractivity contribution in [2.24, 2.45) is 9.98 Å². The largest absolute Gasteiger partial charge is 0.493 e. The highest BCUT2D eigenvalue weighted by Gasteiger charge is 2.22. The van der Waals surface area contributed by atoms with Crippen LogP contribution in [0.3, 0.4) is 0 Å². The average Bonchev–Trinajstić information content (AvgIpc) is 3.47. The number of hydrazine groups is 1. The molecule has 0 saturated carbocycles. The number of hydrogen-bond acceptors (Lipinski definition) is 8. The fraction of sp³-hybridized carbons (Fsp3) is 0.364. The molecule has 0 aromatic heterocycles. The van der Waals surface area contributed by atoms with E-state index in [4.69, 9.17) is 30.5 Å². The first-order chi connectivity index (χ1) is 16.5. The summed E-state index contributed by atoms with van der Waals surface area (Å²) in [6.07, 6.45) is 1.13. The van der Waals surface area contributed by atoms with Gasteiger partial charge in [0.15, 0.2) is 11.6 Å². The van der Waals surface area contributed by atoms with Gasteiger partial charge in [0.05, 0.1) is 30.3 Å². The van der Waals surface area contributed by atoms with Crippen molar-refractivity contribution in [3.05, 3.63) is 58.9 Å². The molecule has 0 radical (unpaired) electrons. The van der Waals surface area contributed by atoms with Crippen LogP contribution in [0.2, 0.25) is 5.02 Å². The van der Waals surface area contributed by atoms with Gasteiger partial charge in [-0.25, -0.2) is 34.0 Å². The van der Waals surface area contributed by atoms with E-state index >= 15 is 0 Å². The molecular formula is C22H22ClF3N4O4. The second-order valence-electron chi connectivity index (χ2n) is 7.47. The molecule has 2 aromatic carbocycles. The van der Waals surface area contributed by atoms with Gasteiger partial charge in [-0.15, -0.1) is 0 Å². The van der Waals surface area contributed by atoms with Crippen molar-refractivity contribution >= 4 is 23.6 Å². The molecule has 0 spiro atoms. The summed E-state index contributed by atoms with van der Waals surface area (Å²) in [4.78, 5) is 8.76. The molecule has 8 nitrogen and oxygen atoms in total. The summed E-state index contributed by atoms with van der Waals surface area (Å²) in [6.45, 7) is 1.37. The van der Waals surface area contributed by atoms with Gasteiger partial charge in [0, 0.05) is 25.0 Å². The predicted octanol–water partition coefficient (Wildman–Crippen LogP) is 3.60. The summed E-state index contributed by atoms with van der Waals surface area (Å²) < 4.78 is 61.3. The highest BCUT2D eigenvalue weighted by molar-refractivity contribution is 6.30. The fourth-order valence-electron chi connectivity index (χ4n) is 3.13. The van der Waals surface area contributed by atoms with Crippen LogP contribution in [0, 0.1) is 17.5 Å². The number of aliphatic imine (C=N–C) groups is 2. The molecule has 12 heteroatoms. The Bertz CT molecular complexity index is 989. The van der Waals surface area contributed by atoms with Crippen LogP contribution >= 0.6 is 11.6 Å². The molecule has 2 aliphatic rings. The van der Waals surface area contributed by atoms with Crippen LogP contribution in [-0.2, 0) is 9.47 Å². The Labute approximate surface area is 198 Å². The lowest BCUT2D eigenvalue weighted by molar-refractivity contribution is 0.254. The van der Waals surface area contributed by atoms with Gasteiger partial charge in [0.2, 0.25) is 0 Å². The number of benzene rings is 2. The monoisotopic (exact) mass is 498 g/mol. The maximum absolute atomic E-state index is 13.2. The quantitative estimate of drug-likeness (QED) is 0.541. The van der Waals surface area contributed by atoms with E-state index in [1.807, 2.05) is 0 Å².